The van der Waals surface area contributed by atoms with Crippen LogP contribution in [0.25, 0.3) is 0 Å². The molecule has 0 aromatic heterocycles. The third-order valence-corrected chi connectivity index (χ3v) is 9.94. The lowest BCUT2D eigenvalue weighted by molar-refractivity contribution is -0.140. The topological polar surface area (TPSA) is 26.3 Å². The largest absolute Gasteiger partial charge is 0.469 e. The zero-order valence-electron chi connectivity index (χ0n) is 17.4. The molecule has 4 saturated carbocycles. The summed E-state index contributed by atoms with van der Waals surface area (Å²) in [6.45, 7) is 5.30. The monoisotopic (exact) mass is 360 g/mol. The van der Waals surface area contributed by atoms with Crippen LogP contribution in [0.3, 0.4) is 0 Å². The van der Waals surface area contributed by atoms with Crippen molar-refractivity contribution >= 4 is 5.97 Å². The van der Waals surface area contributed by atoms with E-state index in [1.807, 2.05) is 0 Å². The number of hydrogen-bond donors (Lipinski definition) is 0. The van der Waals surface area contributed by atoms with Gasteiger partial charge in [-0.1, -0.05) is 26.7 Å². The van der Waals surface area contributed by atoms with Crippen molar-refractivity contribution in [2.75, 3.05) is 7.11 Å². The Morgan fingerprint density at radius 1 is 0.923 bits per heavy atom. The highest BCUT2D eigenvalue weighted by Crippen LogP contribution is 2.67. The maximum Gasteiger partial charge on any atom is 0.305 e. The zero-order valence-corrected chi connectivity index (χ0v) is 17.4. The van der Waals surface area contributed by atoms with Crippen molar-refractivity contribution in [1.82, 2.24) is 0 Å². The second kappa shape index (κ2) is 7.13. The lowest BCUT2D eigenvalue weighted by atomic mass is 9.45. The molecule has 0 bridgehead atoms. The molecule has 7 atom stereocenters. The summed E-state index contributed by atoms with van der Waals surface area (Å²) in [5, 5.41) is 0. The van der Waals surface area contributed by atoms with Gasteiger partial charge in [-0.15, -0.1) is 0 Å². The second-order valence-electron chi connectivity index (χ2n) is 10.7. The van der Waals surface area contributed by atoms with E-state index in [0.717, 1.165) is 36.0 Å². The van der Waals surface area contributed by atoms with E-state index in [9.17, 15) is 4.79 Å². The van der Waals surface area contributed by atoms with Gasteiger partial charge < -0.3 is 4.74 Å². The fourth-order valence-electron chi connectivity index (χ4n) is 8.47. The maximum atomic E-state index is 11.5. The lowest BCUT2D eigenvalue weighted by Gasteiger charge is -2.60. The van der Waals surface area contributed by atoms with Gasteiger partial charge in [-0.3, -0.25) is 4.79 Å². The van der Waals surface area contributed by atoms with E-state index in [1.54, 1.807) is 0 Å². The summed E-state index contributed by atoms with van der Waals surface area (Å²) in [7, 11) is 1.51. The van der Waals surface area contributed by atoms with Crippen molar-refractivity contribution in [2.24, 2.45) is 40.4 Å². The summed E-state index contributed by atoms with van der Waals surface area (Å²) in [6.07, 6.45) is 17.7. The predicted octanol–water partition coefficient (Wildman–Crippen LogP) is 6.38. The molecule has 4 rings (SSSR count). The fourth-order valence-corrected chi connectivity index (χ4v) is 8.47. The predicted molar refractivity (Wildman–Crippen MR) is 106 cm³/mol. The SMILES string of the molecule is COC(=O)CCC[C@H]1CCC2C3CCC4CCCC[C@]4(C)C3CC[C@@]21C. The van der Waals surface area contributed by atoms with E-state index in [1.165, 1.54) is 77.7 Å². The molecule has 4 aliphatic rings. The summed E-state index contributed by atoms with van der Waals surface area (Å²) in [4.78, 5) is 11.5. The summed E-state index contributed by atoms with van der Waals surface area (Å²) in [5.41, 5.74) is 1.21. The molecule has 0 aliphatic heterocycles. The van der Waals surface area contributed by atoms with Crippen LogP contribution in [-0.4, -0.2) is 13.1 Å². The highest BCUT2D eigenvalue weighted by atomic mass is 16.5. The Kier molecular flexibility index (Phi) is 5.16. The highest BCUT2D eigenvalue weighted by molar-refractivity contribution is 5.68. The Morgan fingerprint density at radius 3 is 2.54 bits per heavy atom. The molecule has 148 valence electrons. The Labute approximate surface area is 160 Å². The number of esters is 1. The first kappa shape index (κ1) is 18.8. The molecule has 0 N–H and O–H groups in total. The molecule has 0 aromatic carbocycles. The molecular formula is C24H40O2. The van der Waals surface area contributed by atoms with Crippen LogP contribution >= 0.6 is 0 Å². The molecule has 4 aliphatic carbocycles. The first-order chi connectivity index (χ1) is 12.5. The van der Waals surface area contributed by atoms with E-state index >= 15 is 0 Å². The minimum absolute atomic E-state index is 0.0306. The van der Waals surface area contributed by atoms with Gasteiger partial charge in [-0.25, -0.2) is 0 Å². The molecular weight excluding hydrogens is 320 g/mol. The fraction of sp³-hybridized carbons (Fsp3) is 0.958. The molecule has 0 saturated heterocycles. The van der Waals surface area contributed by atoms with Gasteiger partial charge in [0, 0.05) is 6.42 Å². The molecule has 0 amide bonds. The molecule has 26 heavy (non-hydrogen) atoms. The molecule has 0 heterocycles. The van der Waals surface area contributed by atoms with E-state index in [-0.39, 0.29) is 5.97 Å². The summed E-state index contributed by atoms with van der Waals surface area (Å²) >= 11 is 0. The van der Waals surface area contributed by atoms with E-state index in [4.69, 9.17) is 4.74 Å². The van der Waals surface area contributed by atoms with Gasteiger partial charge in [0.2, 0.25) is 0 Å². The van der Waals surface area contributed by atoms with Crippen LogP contribution in [-0.2, 0) is 9.53 Å². The number of methoxy groups -OCH3 is 1. The smallest absolute Gasteiger partial charge is 0.305 e. The van der Waals surface area contributed by atoms with Crippen molar-refractivity contribution in [3.05, 3.63) is 0 Å². The Morgan fingerprint density at radius 2 is 1.73 bits per heavy atom. The quantitative estimate of drug-likeness (QED) is 0.544. The first-order valence-electron chi connectivity index (χ1n) is 11.6. The van der Waals surface area contributed by atoms with E-state index < -0.39 is 0 Å². The minimum atomic E-state index is -0.0306. The third kappa shape index (κ3) is 2.94. The van der Waals surface area contributed by atoms with Crippen molar-refractivity contribution in [3.8, 4) is 0 Å². The average Bonchev–Trinajstić information content (AvgIpc) is 2.97. The number of carbonyl (C=O) groups is 1. The van der Waals surface area contributed by atoms with Crippen LogP contribution in [0.5, 0.6) is 0 Å². The van der Waals surface area contributed by atoms with Gasteiger partial charge in [0.15, 0.2) is 0 Å². The Bertz CT molecular complexity index is 528. The van der Waals surface area contributed by atoms with E-state index in [2.05, 4.69) is 13.8 Å². The van der Waals surface area contributed by atoms with Crippen molar-refractivity contribution < 1.29 is 9.53 Å². The molecule has 4 unspecified atom stereocenters. The normalized spacial score (nSPS) is 47.6. The molecule has 0 spiro atoms. The standard InChI is InChI=1S/C24H40O2/c1-23-15-5-4-7-17(23)10-12-19-20-13-11-18(8-6-9-22(25)26-3)24(20,2)16-14-21(19)23/h17-21H,4-16H2,1-3H3/t17?,18-,19?,20?,21?,23-,24+/m0/s1. The number of fused-ring (bicyclic) bond motifs is 5. The number of ether oxygens (including phenoxy) is 1. The minimum Gasteiger partial charge on any atom is -0.469 e. The van der Waals surface area contributed by atoms with Crippen LogP contribution < -0.4 is 0 Å². The van der Waals surface area contributed by atoms with Crippen LogP contribution in [0, 0.1) is 40.4 Å². The van der Waals surface area contributed by atoms with Crippen LogP contribution in [0.1, 0.15) is 97.3 Å². The van der Waals surface area contributed by atoms with Gasteiger partial charge in [0.1, 0.15) is 0 Å². The van der Waals surface area contributed by atoms with Gasteiger partial charge >= 0.3 is 5.97 Å². The van der Waals surface area contributed by atoms with Gasteiger partial charge in [0.05, 0.1) is 7.11 Å². The Balaban J connectivity index is 1.45. The molecule has 0 radical (unpaired) electrons. The van der Waals surface area contributed by atoms with Crippen molar-refractivity contribution in [3.63, 3.8) is 0 Å². The third-order valence-electron chi connectivity index (χ3n) is 9.94. The van der Waals surface area contributed by atoms with Gasteiger partial charge in [0.25, 0.3) is 0 Å². The zero-order chi connectivity index (χ0) is 18.4. The molecule has 4 fully saturated rings. The van der Waals surface area contributed by atoms with Crippen LogP contribution in [0.2, 0.25) is 0 Å². The van der Waals surface area contributed by atoms with Crippen molar-refractivity contribution in [1.29, 1.82) is 0 Å². The lowest BCUT2D eigenvalue weighted by Crippen LogP contribution is -2.52. The average molecular weight is 361 g/mol. The molecule has 2 nitrogen and oxygen atoms in total. The van der Waals surface area contributed by atoms with Crippen molar-refractivity contribution in [2.45, 2.75) is 97.3 Å². The maximum absolute atomic E-state index is 11.5. The highest BCUT2D eigenvalue weighted by Gasteiger charge is 2.59. The van der Waals surface area contributed by atoms with E-state index in [0.29, 0.717) is 17.3 Å². The summed E-state index contributed by atoms with van der Waals surface area (Å²) in [5.74, 6) is 4.81. The number of hydrogen-bond acceptors (Lipinski definition) is 2. The number of rotatable bonds is 4. The summed E-state index contributed by atoms with van der Waals surface area (Å²) in [6, 6.07) is 0. The van der Waals surface area contributed by atoms with Crippen LogP contribution in [0.4, 0.5) is 0 Å². The van der Waals surface area contributed by atoms with Crippen LogP contribution in [0.15, 0.2) is 0 Å². The molecule has 0 aromatic rings. The first-order valence-corrected chi connectivity index (χ1v) is 11.6. The van der Waals surface area contributed by atoms with Gasteiger partial charge in [-0.2, -0.15) is 0 Å². The van der Waals surface area contributed by atoms with Gasteiger partial charge in [-0.05, 0) is 105 Å². The second-order valence-corrected chi connectivity index (χ2v) is 10.7. The Hall–Kier alpha value is -0.530. The number of carbonyl (C=O) groups excluding carboxylic acids is 1. The summed E-state index contributed by atoms with van der Waals surface area (Å²) < 4.78 is 4.84. The molecule has 2 heteroatoms.